The van der Waals surface area contributed by atoms with Crippen LogP contribution in [0.4, 0.5) is 5.13 Å². The molecule has 8 heteroatoms. The number of hydrogen-bond acceptors (Lipinski definition) is 7. The number of esters is 1. The molecule has 0 saturated carbocycles. The topological polar surface area (TPSA) is 96.8 Å². The maximum atomic E-state index is 13.3. The Bertz CT molecular complexity index is 1510. The number of ketones is 1. The zero-order chi connectivity index (χ0) is 24.7. The summed E-state index contributed by atoms with van der Waals surface area (Å²) in [6.45, 7) is 1.97. The van der Waals surface area contributed by atoms with Gasteiger partial charge < -0.3 is 9.84 Å². The van der Waals surface area contributed by atoms with Gasteiger partial charge in [-0.25, -0.2) is 9.78 Å². The van der Waals surface area contributed by atoms with Crippen molar-refractivity contribution in [1.29, 1.82) is 0 Å². The molecule has 1 amide bonds. The number of aryl methyl sites for hydroxylation is 1. The van der Waals surface area contributed by atoms with Crippen LogP contribution in [0.5, 0.6) is 0 Å². The molecule has 1 aliphatic rings. The highest BCUT2D eigenvalue weighted by Gasteiger charge is 2.48. The van der Waals surface area contributed by atoms with E-state index in [1.165, 1.54) is 23.3 Å². The first-order valence-corrected chi connectivity index (χ1v) is 11.6. The predicted octanol–water partition coefficient (Wildman–Crippen LogP) is 5.02. The van der Waals surface area contributed by atoms with Crippen molar-refractivity contribution >= 4 is 50.1 Å². The fourth-order valence-corrected chi connectivity index (χ4v) is 5.23. The molecule has 1 aromatic heterocycles. The largest absolute Gasteiger partial charge is 0.507 e. The quantitative estimate of drug-likeness (QED) is 0.189. The number of nitrogens with zero attached hydrogens (tertiary/aromatic N) is 2. The standard InChI is InChI=1S/C27H20N2O5S/c1-15-8-13-19-20(14-15)35-27(28-19)29-22(16-9-11-18(12-10-16)26(33)34-2)21(24(31)25(29)32)23(30)17-6-4-3-5-7-17/h3-14,22,30H,1-2H3/b23-21+/t22-/m1/s1. The number of carbonyl (C=O) groups excluding carboxylic acids is 3. The summed E-state index contributed by atoms with van der Waals surface area (Å²) in [5.41, 5.74) is 3.01. The lowest BCUT2D eigenvalue weighted by atomic mass is 9.95. The van der Waals surface area contributed by atoms with Gasteiger partial charge in [-0.3, -0.25) is 14.5 Å². The van der Waals surface area contributed by atoms with Crippen LogP contribution < -0.4 is 4.90 Å². The van der Waals surface area contributed by atoms with E-state index >= 15 is 0 Å². The summed E-state index contributed by atoms with van der Waals surface area (Å²) in [5.74, 6) is -2.36. The molecule has 1 fully saturated rings. The molecule has 1 atom stereocenters. The highest BCUT2D eigenvalue weighted by atomic mass is 32.1. The van der Waals surface area contributed by atoms with Gasteiger partial charge in [0, 0.05) is 5.56 Å². The number of ether oxygens (including phenoxy) is 1. The molecule has 1 aliphatic heterocycles. The number of aliphatic hydroxyl groups excluding tert-OH is 1. The summed E-state index contributed by atoms with van der Waals surface area (Å²) < 4.78 is 5.65. The number of hydrogen-bond donors (Lipinski definition) is 1. The van der Waals surface area contributed by atoms with Crippen molar-refractivity contribution in [2.24, 2.45) is 0 Å². The van der Waals surface area contributed by atoms with E-state index in [-0.39, 0.29) is 11.3 Å². The minimum atomic E-state index is -0.927. The second-order valence-corrected chi connectivity index (χ2v) is 9.13. The van der Waals surface area contributed by atoms with E-state index in [1.807, 2.05) is 25.1 Å². The van der Waals surface area contributed by atoms with Crippen LogP contribution in [-0.4, -0.2) is 34.9 Å². The van der Waals surface area contributed by atoms with E-state index in [2.05, 4.69) is 4.98 Å². The SMILES string of the molecule is COC(=O)c1ccc([C@@H]2/C(=C(\O)c3ccccc3)C(=O)C(=O)N2c2nc3ccc(C)cc3s2)cc1. The first-order chi connectivity index (χ1) is 16.9. The third-order valence-corrected chi connectivity index (χ3v) is 6.90. The van der Waals surface area contributed by atoms with E-state index in [9.17, 15) is 19.5 Å². The van der Waals surface area contributed by atoms with Crippen molar-refractivity contribution in [1.82, 2.24) is 4.98 Å². The molecule has 3 aromatic carbocycles. The van der Waals surface area contributed by atoms with Crippen LogP contribution in [0.15, 0.2) is 78.4 Å². The Labute approximate surface area is 204 Å². The molecular formula is C27H20N2O5S. The predicted molar refractivity (Wildman–Crippen MR) is 133 cm³/mol. The number of amides is 1. The number of aromatic nitrogens is 1. The Morgan fingerprint density at radius 1 is 1.00 bits per heavy atom. The fraction of sp³-hybridized carbons (Fsp3) is 0.111. The second-order valence-electron chi connectivity index (χ2n) is 8.12. The van der Waals surface area contributed by atoms with E-state index in [0.717, 1.165) is 10.3 Å². The second kappa shape index (κ2) is 8.81. The number of anilines is 1. The average Bonchev–Trinajstić information content (AvgIpc) is 3.41. The summed E-state index contributed by atoms with van der Waals surface area (Å²) in [5, 5.41) is 11.5. The number of fused-ring (bicyclic) bond motifs is 1. The summed E-state index contributed by atoms with van der Waals surface area (Å²) >= 11 is 1.30. The zero-order valence-electron chi connectivity index (χ0n) is 18.9. The molecule has 4 aromatic rings. The van der Waals surface area contributed by atoms with Crippen LogP contribution in [0, 0.1) is 6.92 Å². The summed E-state index contributed by atoms with van der Waals surface area (Å²) in [7, 11) is 1.29. The molecule has 1 N–H and O–H groups in total. The van der Waals surface area contributed by atoms with Gasteiger partial charge in [0.2, 0.25) is 0 Å². The van der Waals surface area contributed by atoms with Crippen LogP contribution in [0.1, 0.15) is 33.1 Å². The Morgan fingerprint density at radius 2 is 1.71 bits per heavy atom. The van der Waals surface area contributed by atoms with Crippen molar-refractivity contribution in [3.8, 4) is 0 Å². The molecule has 0 bridgehead atoms. The van der Waals surface area contributed by atoms with Crippen molar-refractivity contribution < 1.29 is 24.2 Å². The number of carbonyl (C=O) groups is 3. The number of Topliss-reactive ketones (excluding diaryl/α,β-unsaturated/α-hetero) is 1. The lowest BCUT2D eigenvalue weighted by molar-refractivity contribution is -0.132. The van der Waals surface area contributed by atoms with Gasteiger partial charge in [0.1, 0.15) is 5.76 Å². The van der Waals surface area contributed by atoms with Gasteiger partial charge in [-0.15, -0.1) is 0 Å². The summed E-state index contributed by atoms with van der Waals surface area (Å²) in [4.78, 5) is 44.5. The molecule has 7 nitrogen and oxygen atoms in total. The average molecular weight is 485 g/mol. The maximum absolute atomic E-state index is 13.3. The minimum Gasteiger partial charge on any atom is -0.507 e. The first kappa shape index (κ1) is 22.5. The molecule has 1 saturated heterocycles. The lowest BCUT2D eigenvalue weighted by Crippen LogP contribution is -2.29. The number of rotatable bonds is 4. The number of benzene rings is 3. The van der Waals surface area contributed by atoms with Crippen molar-refractivity contribution in [2.45, 2.75) is 13.0 Å². The molecule has 2 heterocycles. The van der Waals surface area contributed by atoms with E-state index in [1.54, 1.807) is 54.6 Å². The maximum Gasteiger partial charge on any atom is 0.337 e. The van der Waals surface area contributed by atoms with Gasteiger partial charge >= 0.3 is 11.9 Å². The Morgan fingerprint density at radius 3 is 2.40 bits per heavy atom. The normalized spacial score (nSPS) is 17.2. The van der Waals surface area contributed by atoms with Gasteiger partial charge in [0.05, 0.1) is 34.5 Å². The van der Waals surface area contributed by atoms with E-state index in [0.29, 0.717) is 27.3 Å². The number of aliphatic hydroxyl groups is 1. The van der Waals surface area contributed by atoms with Crippen LogP contribution in [-0.2, 0) is 14.3 Å². The van der Waals surface area contributed by atoms with E-state index < -0.39 is 23.7 Å². The minimum absolute atomic E-state index is 0.0394. The lowest BCUT2D eigenvalue weighted by Gasteiger charge is -2.23. The van der Waals surface area contributed by atoms with Gasteiger partial charge in [-0.2, -0.15) is 0 Å². The van der Waals surface area contributed by atoms with Crippen LogP contribution in [0.2, 0.25) is 0 Å². The van der Waals surface area contributed by atoms with Crippen LogP contribution in [0.25, 0.3) is 16.0 Å². The van der Waals surface area contributed by atoms with Gasteiger partial charge in [0.25, 0.3) is 5.78 Å². The highest BCUT2D eigenvalue weighted by Crippen LogP contribution is 2.44. The number of thiazole rings is 1. The Kier molecular flexibility index (Phi) is 5.66. The molecule has 35 heavy (non-hydrogen) atoms. The van der Waals surface area contributed by atoms with Gasteiger partial charge in [-0.1, -0.05) is 59.9 Å². The Hall–Kier alpha value is -4.30. The van der Waals surface area contributed by atoms with Crippen molar-refractivity contribution in [2.75, 3.05) is 12.0 Å². The monoisotopic (exact) mass is 484 g/mol. The molecule has 0 unspecified atom stereocenters. The molecule has 0 radical (unpaired) electrons. The summed E-state index contributed by atoms with van der Waals surface area (Å²) in [6, 6.07) is 19.9. The molecule has 174 valence electrons. The molecule has 0 aliphatic carbocycles. The molecular weight excluding hydrogens is 464 g/mol. The van der Waals surface area contributed by atoms with Gasteiger partial charge in [0.15, 0.2) is 5.13 Å². The first-order valence-electron chi connectivity index (χ1n) is 10.8. The number of methoxy groups -OCH3 is 1. The molecule has 0 spiro atoms. The smallest absolute Gasteiger partial charge is 0.337 e. The van der Waals surface area contributed by atoms with Crippen molar-refractivity contribution in [3.05, 3.63) is 101 Å². The zero-order valence-corrected chi connectivity index (χ0v) is 19.7. The highest BCUT2D eigenvalue weighted by molar-refractivity contribution is 7.22. The van der Waals surface area contributed by atoms with Gasteiger partial charge in [-0.05, 0) is 42.3 Å². The fourth-order valence-electron chi connectivity index (χ4n) is 4.14. The third-order valence-electron chi connectivity index (χ3n) is 5.88. The third kappa shape index (κ3) is 3.87. The van der Waals surface area contributed by atoms with Crippen molar-refractivity contribution in [3.63, 3.8) is 0 Å². The van der Waals surface area contributed by atoms with Crippen LogP contribution in [0.3, 0.4) is 0 Å². The Balaban J connectivity index is 1.71. The summed E-state index contributed by atoms with van der Waals surface area (Å²) in [6.07, 6.45) is 0. The molecule has 5 rings (SSSR count). The van der Waals surface area contributed by atoms with Crippen LogP contribution >= 0.6 is 11.3 Å². The van der Waals surface area contributed by atoms with E-state index in [4.69, 9.17) is 4.74 Å².